The molecule has 5 rings (SSSR count). The average Bonchev–Trinajstić information content (AvgIpc) is 2.90. The summed E-state index contributed by atoms with van der Waals surface area (Å²) in [6.07, 6.45) is 0.954. The fourth-order valence-electron chi connectivity index (χ4n) is 5.94. The van der Waals surface area contributed by atoms with E-state index in [-0.39, 0.29) is 23.7 Å². The highest BCUT2D eigenvalue weighted by Crippen LogP contribution is 2.37. The Labute approximate surface area is 221 Å². The summed E-state index contributed by atoms with van der Waals surface area (Å²) in [5.74, 6) is -0.218. The summed E-state index contributed by atoms with van der Waals surface area (Å²) in [7, 11) is 1.31. The highest BCUT2D eigenvalue weighted by atomic mass is 16.5. The Bertz CT molecular complexity index is 1440. The molecule has 200 valence electrons. The Hall–Kier alpha value is -3.65. The first-order chi connectivity index (χ1) is 18.2. The molecule has 0 radical (unpaired) electrons. The Morgan fingerprint density at radius 3 is 2.53 bits per heavy atom. The normalized spacial score (nSPS) is 19.7. The number of fused-ring (bicyclic) bond motifs is 4. The zero-order valence-corrected chi connectivity index (χ0v) is 22.1. The maximum Gasteiger partial charge on any atom is 0.306 e. The number of hydrogen-bond acceptors (Lipinski definition) is 7. The molecule has 2 aliphatic rings. The van der Waals surface area contributed by atoms with Gasteiger partial charge in [-0.1, -0.05) is 44.2 Å². The van der Waals surface area contributed by atoms with Gasteiger partial charge in [0.2, 0.25) is 11.2 Å². The molecular formula is C30H34N2O6. The monoisotopic (exact) mass is 518 g/mol. The van der Waals surface area contributed by atoms with E-state index in [1.54, 1.807) is 6.07 Å². The molecule has 1 aromatic carbocycles. The van der Waals surface area contributed by atoms with Crippen molar-refractivity contribution in [3.05, 3.63) is 97.4 Å². The Morgan fingerprint density at radius 2 is 1.82 bits per heavy atom. The van der Waals surface area contributed by atoms with E-state index in [2.05, 4.69) is 18.7 Å². The van der Waals surface area contributed by atoms with Gasteiger partial charge in [0.05, 0.1) is 26.0 Å². The van der Waals surface area contributed by atoms with Crippen molar-refractivity contribution in [1.82, 2.24) is 9.47 Å². The van der Waals surface area contributed by atoms with Gasteiger partial charge in [0.15, 0.2) is 5.76 Å². The molecule has 2 aliphatic heterocycles. The SMILES string of the molecule is COC(=O)C[C@@H](c1ccc(C(C)C)cc1)c1oc(CN2C[C@H]3C[C@@H](C2)c2cccc(=O)n2C3)cc(=O)c1O. The summed E-state index contributed by atoms with van der Waals surface area (Å²) < 4.78 is 13.0. The van der Waals surface area contributed by atoms with Crippen LogP contribution in [0.3, 0.4) is 0 Å². The van der Waals surface area contributed by atoms with Crippen LogP contribution in [0.2, 0.25) is 0 Å². The molecule has 0 unspecified atom stereocenters. The third kappa shape index (κ3) is 5.18. The smallest absolute Gasteiger partial charge is 0.306 e. The molecule has 3 aromatic rings. The van der Waals surface area contributed by atoms with Crippen molar-refractivity contribution in [2.75, 3.05) is 20.2 Å². The van der Waals surface area contributed by atoms with Crippen molar-refractivity contribution in [2.45, 2.75) is 57.5 Å². The zero-order chi connectivity index (χ0) is 27.0. The number of carbonyl (C=O) groups is 1. The molecule has 0 amide bonds. The largest absolute Gasteiger partial charge is 0.502 e. The van der Waals surface area contributed by atoms with Gasteiger partial charge < -0.3 is 18.8 Å². The van der Waals surface area contributed by atoms with Gasteiger partial charge in [0.25, 0.3) is 5.56 Å². The molecule has 1 fully saturated rings. The summed E-state index contributed by atoms with van der Waals surface area (Å²) >= 11 is 0. The molecule has 2 bridgehead atoms. The van der Waals surface area contributed by atoms with E-state index in [4.69, 9.17) is 9.15 Å². The Kier molecular flexibility index (Phi) is 7.25. The third-order valence-electron chi connectivity index (χ3n) is 7.86. The summed E-state index contributed by atoms with van der Waals surface area (Å²) in [4.78, 5) is 39.8. The first-order valence-electron chi connectivity index (χ1n) is 13.2. The summed E-state index contributed by atoms with van der Waals surface area (Å²) in [6, 6.07) is 14.5. The molecule has 8 heteroatoms. The minimum absolute atomic E-state index is 0.0397. The van der Waals surface area contributed by atoms with Crippen molar-refractivity contribution in [1.29, 1.82) is 0 Å². The van der Waals surface area contributed by atoms with E-state index in [0.717, 1.165) is 36.3 Å². The number of benzene rings is 1. The van der Waals surface area contributed by atoms with Gasteiger partial charge in [-0.15, -0.1) is 0 Å². The van der Waals surface area contributed by atoms with E-state index in [9.17, 15) is 19.5 Å². The average molecular weight is 519 g/mol. The van der Waals surface area contributed by atoms with Crippen LogP contribution in [-0.2, 0) is 22.6 Å². The predicted molar refractivity (Wildman–Crippen MR) is 142 cm³/mol. The van der Waals surface area contributed by atoms with Gasteiger partial charge >= 0.3 is 5.97 Å². The van der Waals surface area contributed by atoms with Gasteiger partial charge in [-0.3, -0.25) is 19.3 Å². The quantitative estimate of drug-likeness (QED) is 0.473. The van der Waals surface area contributed by atoms with Crippen molar-refractivity contribution in [2.24, 2.45) is 5.92 Å². The van der Waals surface area contributed by atoms with Crippen LogP contribution in [0, 0.1) is 5.92 Å². The lowest BCUT2D eigenvalue weighted by atomic mass is 9.83. The highest BCUT2D eigenvalue weighted by molar-refractivity contribution is 5.71. The van der Waals surface area contributed by atoms with E-state index < -0.39 is 23.1 Å². The molecule has 1 N–H and O–H groups in total. The number of methoxy groups -OCH3 is 1. The van der Waals surface area contributed by atoms with Crippen LogP contribution in [0.5, 0.6) is 5.75 Å². The number of rotatable bonds is 7. The van der Waals surface area contributed by atoms with Crippen LogP contribution in [0.25, 0.3) is 0 Å². The van der Waals surface area contributed by atoms with Gasteiger partial charge in [-0.05, 0) is 35.4 Å². The van der Waals surface area contributed by atoms with Gasteiger partial charge in [0.1, 0.15) is 5.76 Å². The molecule has 3 atom stereocenters. The van der Waals surface area contributed by atoms with E-state index in [0.29, 0.717) is 30.7 Å². The number of nitrogens with zero attached hydrogens (tertiary/aromatic N) is 2. The van der Waals surface area contributed by atoms with Crippen molar-refractivity contribution in [3.63, 3.8) is 0 Å². The molecule has 38 heavy (non-hydrogen) atoms. The highest BCUT2D eigenvalue weighted by Gasteiger charge is 2.35. The maximum atomic E-state index is 12.9. The number of aromatic hydroxyl groups is 1. The Balaban J connectivity index is 1.44. The second-order valence-electron chi connectivity index (χ2n) is 10.8. The van der Waals surface area contributed by atoms with Crippen LogP contribution in [0.1, 0.15) is 72.8 Å². The number of carbonyl (C=O) groups excluding carboxylic acids is 1. The van der Waals surface area contributed by atoms with Crippen LogP contribution in [0.4, 0.5) is 0 Å². The lowest BCUT2D eigenvalue weighted by Crippen LogP contribution is -2.46. The fourth-order valence-corrected chi connectivity index (χ4v) is 5.94. The summed E-state index contributed by atoms with van der Waals surface area (Å²) in [6.45, 7) is 6.79. The first-order valence-corrected chi connectivity index (χ1v) is 13.2. The van der Waals surface area contributed by atoms with E-state index >= 15 is 0 Å². The number of pyridine rings is 1. The second kappa shape index (κ2) is 10.6. The summed E-state index contributed by atoms with van der Waals surface area (Å²) in [5, 5.41) is 10.8. The minimum atomic E-state index is -0.671. The number of likely N-dealkylation sites (tertiary alicyclic amines) is 1. The maximum absolute atomic E-state index is 12.9. The van der Waals surface area contributed by atoms with Gasteiger partial charge in [-0.2, -0.15) is 0 Å². The van der Waals surface area contributed by atoms with Crippen LogP contribution < -0.4 is 11.0 Å². The molecule has 4 heterocycles. The van der Waals surface area contributed by atoms with Crippen molar-refractivity contribution >= 4 is 5.97 Å². The number of piperidine rings is 1. The third-order valence-corrected chi connectivity index (χ3v) is 7.86. The van der Waals surface area contributed by atoms with E-state index in [1.807, 2.05) is 41.0 Å². The topological polar surface area (TPSA) is 102 Å². The lowest BCUT2D eigenvalue weighted by Gasteiger charge is -2.42. The van der Waals surface area contributed by atoms with Crippen LogP contribution >= 0.6 is 0 Å². The van der Waals surface area contributed by atoms with Crippen LogP contribution in [-0.4, -0.2) is 40.7 Å². The first kappa shape index (κ1) is 26.0. The van der Waals surface area contributed by atoms with Crippen LogP contribution in [0.15, 0.2) is 62.5 Å². The second-order valence-corrected chi connectivity index (χ2v) is 10.8. The number of ether oxygens (including phenoxy) is 1. The fraction of sp³-hybridized carbons (Fsp3) is 0.433. The van der Waals surface area contributed by atoms with Crippen molar-refractivity contribution in [3.8, 4) is 5.75 Å². The number of esters is 1. The molecular weight excluding hydrogens is 484 g/mol. The van der Waals surface area contributed by atoms with Crippen molar-refractivity contribution < 1.29 is 19.1 Å². The molecule has 8 nitrogen and oxygen atoms in total. The van der Waals surface area contributed by atoms with E-state index in [1.165, 1.54) is 13.2 Å². The number of hydrogen-bond donors (Lipinski definition) is 1. The molecule has 0 aliphatic carbocycles. The van der Waals surface area contributed by atoms with Gasteiger partial charge in [-0.25, -0.2) is 0 Å². The number of aromatic nitrogens is 1. The Morgan fingerprint density at radius 1 is 1.08 bits per heavy atom. The lowest BCUT2D eigenvalue weighted by molar-refractivity contribution is -0.140. The molecule has 1 saturated heterocycles. The minimum Gasteiger partial charge on any atom is -0.502 e. The zero-order valence-electron chi connectivity index (χ0n) is 22.1. The molecule has 0 spiro atoms. The summed E-state index contributed by atoms with van der Waals surface area (Å²) in [5.41, 5.74) is 2.45. The van der Waals surface area contributed by atoms with Gasteiger partial charge in [0, 0.05) is 43.4 Å². The molecule has 2 aromatic heterocycles. The predicted octanol–water partition coefficient (Wildman–Crippen LogP) is 3.94. The standard InChI is InChI=1S/C30H34N2O6/c1-18(2)20-7-9-21(10-8-20)24(13-28(35)37-3)30-29(36)26(33)12-23(38-30)17-31-14-19-11-22(16-31)25-5-4-6-27(34)32(25)15-19/h4-10,12,18-19,22,24,36H,11,13-17H2,1-3H3/t19-,22+,24+/m1/s1. The molecule has 0 saturated carbocycles.